The highest BCUT2D eigenvalue weighted by Gasteiger charge is 2.49. The minimum absolute atomic E-state index is 0.0151. The van der Waals surface area contributed by atoms with Gasteiger partial charge in [-0.15, -0.1) is 0 Å². The van der Waals surface area contributed by atoms with Crippen LogP contribution in [0.25, 0.3) is 22.2 Å². The van der Waals surface area contributed by atoms with Crippen LogP contribution in [-0.4, -0.2) is 76.9 Å². The number of benzene rings is 1. The van der Waals surface area contributed by atoms with Crippen LogP contribution in [0.3, 0.4) is 0 Å². The fourth-order valence-electron chi connectivity index (χ4n) is 7.97. The molecule has 3 N–H and O–H groups in total. The van der Waals surface area contributed by atoms with Crippen molar-refractivity contribution in [3.63, 3.8) is 0 Å². The molecule has 3 aromatic rings. The Morgan fingerprint density at radius 1 is 1.14 bits per heavy atom. The zero-order valence-electron chi connectivity index (χ0n) is 26.5. The summed E-state index contributed by atoms with van der Waals surface area (Å²) in [6, 6.07) is 0.436. The Hall–Kier alpha value is -3.56. The van der Waals surface area contributed by atoms with Gasteiger partial charge in [-0.1, -0.05) is 11.6 Å². The third-order valence-corrected chi connectivity index (χ3v) is 11.0. The lowest BCUT2D eigenvalue weighted by Gasteiger charge is -2.42. The van der Waals surface area contributed by atoms with Gasteiger partial charge in [-0.25, -0.2) is 18.2 Å². The number of nitrogens with one attached hydrogen (secondary N) is 1. The summed E-state index contributed by atoms with van der Waals surface area (Å²) in [6.45, 7) is 4.79. The molecule has 4 aliphatic heterocycles. The van der Waals surface area contributed by atoms with E-state index in [9.17, 15) is 22.0 Å². The number of fused-ring (bicyclic) bond motifs is 5. The average Bonchev–Trinajstić information content (AvgIpc) is 3.76. The van der Waals surface area contributed by atoms with Gasteiger partial charge >= 0.3 is 12.2 Å². The number of anilines is 2. The minimum Gasteiger partial charge on any atom is -0.472 e. The number of rotatable bonds is 6. The van der Waals surface area contributed by atoms with Crippen LogP contribution in [0.2, 0.25) is 5.02 Å². The van der Waals surface area contributed by atoms with Crippen LogP contribution in [0.4, 0.5) is 37.8 Å². The van der Waals surface area contributed by atoms with Crippen molar-refractivity contribution in [1.29, 1.82) is 0 Å². The number of ether oxygens (including phenoxy) is 2. The van der Waals surface area contributed by atoms with Gasteiger partial charge in [-0.2, -0.15) is 23.1 Å². The molecule has 4 atom stereocenters. The van der Waals surface area contributed by atoms with E-state index in [1.807, 2.05) is 11.8 Å². The topological polar surface area (TPSA) is 102 Å². The number of nitrogens with two attached hydrogens (primary N) is 1. The number of nitrogen functional groups attached to an aromatic ring is 1. The van der Waals surface area contributed by atoms with Crippen LogP contribution in [-0.2, 0) is 6.18 Å². The number of likely N-dealkylation sites (tertiary alicyclic amines) is 1. The molecule has 8 rings (SSSR count). The van der Waals surface area contributed by atoms with Crippen LogP contribution < -0.4 is 25.4 Å². The van der Waals surface area contributed by atoms with E-state index in [2.05, 4.69) is 20.2 Å². The number of nitrogens with zero attached hydrogens (tertiary/aromatic N) is 5. The smallest absolute Gasteiger partial charge is 0.418 e. The van der Waals surface area contributed by atoms with E-state index in [1.54, 1.807) is 0 Å². The maximum atomic E-state index is 16.8. The van der Waals surface area contributed by atoms with E-state index >= 15 is 4.39 Å². The standard InChI is InChI=1S/C33H34ClF6N7O2/c1-15-28-20-3-2-17(42-20)12-47(28)29-21-27(44-31(45-29)48-14-32(6-7-32)13-46-8-4-16(11-35)5-9-46)25(37)26(43-30(21)49-15)18-10-19(41)24(36)23(34)22(18)33(38,39)40/h10-11,15,17,20,28,42H,2-9,12-14,41H2,1H3/t15-,17+,20-,28+/m0/s1. The van der Waals surface area contributed by atoms with E-state index in [1.165, 1.54) is 0 Å². The molecule has 16 heteroatoms. The van der Waals surface area contributed by atoms with Crippen LogP contribution in [0, 0.1) is 17.0 Å². The second-order valence-corrected chi connectivity index (χ2v) is 14.4. The predicted molar refractivity (Wildman–Crippen MR) is 170 cm³/mol. The largest absolute Gasteiger partial charge is 0.472 e. The summed E-state index contributed by atoms with van der Waals surface area (Å²) in [4.78, 5) is 17.8. The number of piperidine rings is 1. The number of alkyl halides is 3. The Morgan fingerprint density at radius 2 is 1.90 bits per heavy atom. The quantitative estimate of drug-likeness (QED) is 0.222. The van der Waals surface area contributed by atoms with Gasteiger partial charge in [0.2, 0.25) is 5.88 Å². The maximum absolute atomic E-state index is 16.8. The van der Waals surface area contributed by atoms with Crippen molar-refractivity contribution >= 4 is 34.0 Å². The first-order valence-electron chi connectivity index (χ1n) is 16.4. The molecule has 6 heterocycles. The highest BCUT2D eigenvalue weighted by atomic mass is 35.5. The van der Waals surface area contributed by atoms with Crippen molar-refractivity contribution in [2.24, 2.45) is 5.41 Å². The molecular formula is C33H34ClF6N7O2. The zero-order chi connectivity index (χ0) is 34.4. The molecule has 262 valence electrons. The predicted octanol–water partition coefficient (Wildman–Crippen LogP) is 6.42. The van der Waals surface area contributed by atoms with Crippen molar-refractivity contribution in [2.45, 2.75) is 75.9 Å². The summed E-state index contributed by atoms with van der Waals surface area (Å²) >= 11 is 5.85. The molecule has 0 amide bonds. The van der Waals surface area contributed by atoms with Crippen LogP contribution >= 0.6 is 11.6 Å². The van der Waals surface area contributed by atoms with Crippen LogP contribution in [0.15, 0.2) is 18.0 Å². The van der Waals surface area contributed by atoms with Gasteiger partial charge in [-0.05, 0) is 57.1 Å². The summed E-state index contributed by atoms with van der Waals surface area (Å²) in [5.74, 6) is -2.53. The van der Waals surface area contributed by atoms with E-state index in [0.717, 1.165) is 50.9 Å². The number of halogens is 7. The average molecular weight is 710 g/mol. The lowest BCUT2D eigenvalue weighted by atomic mass is 9.99. The van der Waals surface area contributed by atoms with Gasteiger partial charge in [0.1, 0.15) is 28.5 Å². The molecule has 1 aromatic carbocycles. The Labute approximate surface area is 282 Å². The molecule has 2 aromatic heterocycles. The van der Waals surface area contributed by atoms with E-state index in [4.69, 9.17) is 31.8 Å². The Balaban J connectivity index is 1.24. The van der Waals surface area contributed by atoms with Gasteiger partial charge in [0.25, 0.3) is 0 Å². The monoisotopic (exact) mass is 709 g/mol. The summed E-state index contributed by atoms with van der Waals surface area (Å²) in [7, 11) is 0. The first-order valence-corrected chi connectivity index (χ1v) is 16.8. The summed E-state index contributed by atoms with van der Waals surface area (Å²) in [5.41, 5.74) is 2.00. The summed E-state index contributed by atoms with van der Waals surface area (Å²) in [5, 5.41) is 2.41. The summed E-state index contributed by atoms with van der Waals surface area (Å²) in [6.07, 6.45) is -0.128. The lowest BCUT2D eigenvalue weighted by molar-refractivity contribution is -0.137. The molecule has 5 aliphatic rings. The van der Waals surface area contributed by atoms with Gasteiger partial charge in [0, 0.05) is 49.2 Å². The Morgan fingerprint density at radius 3 is 2.59 bits per heavy atom. The molecule has 4 fully saturated rings. The third-order valence-electron chi connectivity index (χ3n) is 10.7. The number of piperazine rings is 1. The normalized spacial score (nSPS) is 26.0. The lowest BCUT2D eigenvalue weighted by Crippen LogP contribution is -2.62. The molecule has 3 saturated heterocycles. The van der Waals surface area contributed by atoms with Crippen molar-refractivity contribution in [2.75, 3.05) is 43.4 Å². The molecule has 1 aliphatic carbocycles. The number of hydrogen-bond donors (Lipinski definition) is 2. The fraction of sp³-hybridized carbons (Fsp3) is 0.545. The van der Waals surface area contributed by atoms with Gasteiger partial charge < -0.3 is 30.3 Å². The van der Waals surface area contributed by atoms with Gasteiger partial charge in [0.15, 0.2) is 11.6 Å². The van der Waals surface area contributed by atoms with Crippen molar-refractivity contribution in [3.8, 4) is 23.1 Å². The number of pyridine rings is 1. The first-order chi connectivity index (χ1) is 23.4. The SMILES string of the molecule is C[C@@H]1Oc2nc(-c3cc(N)c(F)c(Cl)c3C(F)(F)F)c(F)c3nc(OCC4(CN5CCC(=CF)CC5)CC4)nc(c23)N2C[C@H]3CC[C@H](N3)[C@@H]12. The van der Waals surface area contributed by atoms with Crippen molar-refractivity contribution in [1.82, 2.24) is 25.2 Å². The molecule has 0 unspecified atom stereocenters. The molecule has 1 saturated carbocycles. The summed E-state index contributed by atoms with van der Waals surface area (Å²) < 4.78 is 100.0. The van der Waals surface area contributed by atoms with E-state index in [-0.39, 0.29) is 52.9 Å². The molecule has 49 heavy (non-hydrogen) atoms. The number of hydrogen-bond acceptors (Lipinski definition) is 9. The van der Waals surface area contributed by atoms with Gasteiger partial charge in [0.05, 0.1) is 35.3 Å². The highest BCUT2D eigenvalue weighted by molar-refractivity contribution is 6.32. The molecule has 2 bridgehead atoms. The Kier molecular flexibility index (Phi) is 7.83. The highest BCUT2D eigenvalue weighted by Crippen LogP contribution is 2.50. The van der Waals surface area contributed by atoms with Gasteiger partial charge in [-0.3, -0.25) is 0 Å². The minimum atomic E-state index is -5.18. The van der Waals surface area contributed by atoms with Crippen molar-refractivity contribution < 1.29 is 35.8 Å². The van der Waals surface area contributed by atoms with E-state index < -0.39 is 51.4 Å². The fourth-order valence-corrected chi connectivity index (χ4v) is 8.29. The maximum Gasteiger partial charge on any atom is 0.418 e. The second kappa shape index (κ2) is 11.8. The molecular weight excluding hydrogens is 676 g/mol. The Bertz CT molecular complexity index is 1860. The van der Waals surface area contributed by atoms with E-state index in [0.29, 0.717) is 37.6 Å². The molecule has 0 radical (unpaired) electrons. The molecule has 0 spiro atoms. The van der Waals surface area contributed by atoms with Crippen LogP contribution in [0.5, 0.6) is 11.9 Å². The zero-order valence-corrected chi connectivity index (χ0v) is 27.3. The first kappa shape index (κ1) is 32.6. The third kappa shape index (κ3) is 5.61. The van der Waals surface area contributed by atoms with Crippen LogP contribution in [0.1, 0.15) is 51.0 Å². The number of aromatic nitrogens is 3. The molecule has 9 nitrogen and oxygen atoms in total. The van der Waals surface area contributed by atoms with Crippen molar-refractivity contribution in [3.05, 3.63) is 40.2 Å². The second-order valence-electron chi connectivity index (χ2n) is 14.0.